The summed E-state index contributed by atoms with van der Waals surface area (Å²) >= 11 is 0. The van der Waals surface area contributed by atoms with Crippen LogP contribution < -0.4 is 4.72 Å². The number of aryl methyl sites for hydroxylation is 1. The van der Waals surface area contributed by atoms with Crippen molar-refractivity contribution in [3.05, 3.63) is 72.4 Å². The second-order valence-corrected chi connectivity index (χ2v) is 8.18. The van der Waals surface area contributed by atoms with E-state index in [0.717, 1.165) is 11.1 Å². The minimum absolute atomic E-state index is 0.131. The molecule has 2 heterocycles. The number of rotatable bonds is 7. The molecule has 2 aromatic heterocycles. The Balaban J connectivity index is 1.40. The summed E-state index contributed by atoms with van der Waals surface area (Å²) in [4.78, 5) is 4.55. The van der Waals surface area contributed by atoms with Crippen LogP contribution in [0.15, 0.2) is 70.4 Å². The summed E-state index contributed by atoms with van der Waals surface area (Å²) in [7, 11) is -3.68. The van der Waals surface area contributed by atoms with Crippen LogP contribution >= 0.6 is 0 Å². The number of benzene rings is 2. The van der Waals surface area contributed by atoms with Crippen molar-refractivity contribution in [1.29, 1.82) is 0 Å². The first kappa shape index (κ1) is 19.0. The lowest BCUT2D eigenvalue weighted by atomic mass is 10.1. The van der Waals surface area contributed by atoms with E-state index in [2.05, 4.69) is 25.2 Å². The Kier molecular flexibility index (Phi) is 5.19. The molecular formula is C19H18N6O3S. The Morgan fingerprint density at radius 1 is 1.14 bits per heavy atom. The molecule has 29 heavy (non-hydrogen) atoms. The smallest absolute Gasteiger partial charge is 0.240 e. The number of hydrogen-bond acceptors (Lipinski definition) is 7. The Bertz CT molecular complexity index is 1200. The molecule has 0 bridgehead atoms. The molecule has 0 radical (unpaired) electrons. The highest BCUT2D eigenvalue weighted by Crippen LogP contribution is 2.19. The first-order valence-corrected chi connectivity index (χ1v) is 10.3. The van der Waals surface area contributed by atoms with Crippen LogP contribution in [0.4, 0.5) is 0 Å². The number of oxazole rings is 1. The van der Waals surface area contributed by atoms with Gasteiger partial charge in [-0.05, 0) is 47.7 Å². The Labute approximate surface area is 167 Å². The molecule has 0 spiro atoms. The third kappa shape index (κ3) is 4.39. The molecule has 0 saturated heterocycles. The summed E-state index contributed by atoms with van der Waals surface area (Å²) < 4.78 is 34.7. The summed E-state index contributed by atoms with van der Waals surface area (Å²) in [5, 5.41) is 10.9. The van der Waals surface area contributed by atoms with Gasteiger partial charge >= 0.3 is 0 Å². The summed E-state index contributed by atoms with van der Waals surface area (Å²) in [5.41, 5.74) is 3.25. The number of hydrogen-bond donors (Lipinski definition) is 1. The molecule has 1 N–H and O–H groups in total. The van der Waals surface area contributed by atoms with Gasteiger partial charge in [0.2, 0.25) is 15.9 Å². The van der Waals surface area contributed by atoms with Gasteiger partial charge in [0.15, 0.2) is 0 Å². The molecule has 0 aliphatic rings. The molecule has 4 rings (SSSR count). The maximum Gasteiger partial charge on any atom is 0.240 e. The molecule has 0 unspecified atom stereocenters. The molecular weight excluding hydrogens is 392 g/mol. The van der Waals surface area contributed by atoms with Crippen LogP contribution in [0.2, 0.25) is 0 Å². The van der Waals surface area contributed by atoms with Crippen LogP contribution in [0.25, 0.3) is 17.1 Å². The lowest BCUT2D eigenvalue weighted by Crippen LogP contribution is -2.26. The molecule has 0 amide bonds. The summed E-state index contributed by atoms with van der Waals surface area (Å²) in [6.07, 6.45) is 3.35. The summed E-state index contributed by atoms with van der Waals surface area (Å²) in [5.74, 6) is 0.511. The Morgan fingerprint density at radius 2 is 1.97 bits per heavy atom. The van der Waals surface area contributed by atoms with Gasteiger partial charge in [-0.25, -0.2) is 22.8 Å². The summed E-state index contributed by atoms with van der Waals surface area (Å²) in [6.45, 7) is 2.20. The van der Waals surface area contributed by atoms with E-state index in [4.69, 9.17) is 4.42 Å². The largest absolute Gasteiger partial charge is 0.444 e. The molecule has 0 aliphatic heterocycles. The van der Waals surface area contributed by atoms with Crippen molar-refractivity contribution < 1.29 is 12.8 Å². The van der Waals surface area contributed by atoms with E-state index in [1.165, 1.54) is 23.1 Å². The fourth-order valence-corrected chi connectivity index (χ4v) is 3.79. The lowest BCUT2D eigenvalue weighted by Gasteiger charge is -2.07. The minimum Gasteiger partial charge on any atom is -0.444 e. The van der Waals surface area contributed by atoms with Crippen LogP contribution in [-0.2, 0) is 16.4 Å². The highest BCUT2D eigenvalue weighted by atomic mass is 32.2. The molecule has 9 nitrogen and oxygen atoms in total. The van der Waals surface area contributed by atoms with Crippen LogP contribution in [-0.4, -0.2) is 40.2 Å². The van der Waals surface area contributed by atoms with E-state index < -0.39 is 10.0 Å². The van der Waals surface area contributed by atoms with E-state index in [9.17, 15) is 8.42 Å². The molecule has 148 valence electrons. The third-order valence-corrected chi connectivity index (χ3v) is 5.72. The van der Waals surface area contributed by atoms with Crippen molar-refractivity contribution in [2.24, 2.45) is 0 Å². The van der Waals surface area contributed by atoms with E-state index in [0.29, 0.717) is 23.7 Å². The normalized spacial score (nSPS) is 11.6. The van der Waals surface area contributed by atoms with Gasteiger partial charge in [0.1, 0.15) is 12.6 Å². The number of nitrogens with one attached hydrogen (secondary N) is 1. The van der Waals surface area contributed by atoms with Gasteiger partial charge in [-0.2, -0.15) is 0 Å². The average Bonchev–Trinajstić information content (AvgIpc) is 3.41. The van der Waals surface area contributed by atoms with Crippen molar-refractivity contribution >= 4 is 10.0 Å². The molecule has 4 aromatic rings. The fraction of sp³-hybridized carbons (Fsp3) is 0.158. The maximum absolute atomic E-state index is 12.6. The van der Waals surface area contributed by atoms with Crippen molar-refractivity contribution in [2.75, 3.05) is 6.54 Å². The maximum atomic E-state index is 12.6. The van der Waals surface area contributed by atoms with Gasteiger partial charge in [-0.15, -0.1) is 5.10 Å². The zero-order valence-electron chi connectivity index (χ0n) is 15.6. The van der Waals surface area contributed by atoms with Gasteiger partial charge in [-0.1, -0.05) is 23.8 Å². The second-order valence-electron chi connectivity index (χ2n) is 6.41. The SMILES string of the molecule is Cc1ccc(-c2nc(CCNS(=O)(=O)c3cccc(-n4cnnn4)c3)co2)cc1. The first-order chi connectivity index (χ1) is 14.0. The number of tetrazole rings is 1. The molecule has 0 fully saturated rings. The first-order valence-electron chi connectivity index (χ1n) is 8.86. The predicted octanol–water partition coefficient (Wildman–Crippen LogP) is 2.15. The van der Waals surface area contributed by atoms with E-state index >= 15 is 0 Å². The summed E-state index contributed by atoms with van der Waals surface area (Å²) in [6, 6.07) is 14.2. The molecule has 0 saturated carbocycles. The minimum atomic E-state index is -3.68. The lowest BCUT2D eigenvalue weighted by molar-refractivity contribution is 0.570. The molecule has 2 aromatic carbocycles. The molecule has 10 heteroatoms. The van der Waals surface area contributed by atoms with Crippen LogP contribution in [0, 0.1) is 6.92 Å². The zero-order chi connectivity index (χ0) is 20.3. The van der Waals surface area contributed by atoms with Gasteiger partial charge in [0.05, 0.1) is 16.3 Å². The van der Waals surface area contributed by atoms with Crippen LogP contribution in [0.1, 0.15) is 11.3 Å². The molecule has 0 aliphatic carbocycles. The van der Waals surface area contributed by atoms with E-state index in [1.807, 2.05) is 31.2 Å². The second kappa shape index (κ2) is 7.94. The van der Waals surface area contributed by atoms with Crippen LogP contribution in [0.3, 0.4) is 0 Å². The number of nitrogens with zero attached hydrogens (tertiary/aromatic N) is 5. The van der Waals surface area contributed by atoms with E-state index in [1.54, 1.807) is 18.4 Å². The topological polar surface area (TPSA) is 116 Å². The zero-order valence-corrected chi connectivity index (χ0v) is 16.4. The number of aromatic nitrogens is 5. The predicted molar refractivity (Wildman–Crippen MR) is 105 cm³/mol. The van der Waals surface area contributed by atoms with Gasteiger partial charge in [0, 0.05) is 18.5 Å². The highest BCUT2D eigenvalue weighted by Gasteiger charge is 2.15. The monoisotopic (exact) mass is 410 g/mol. The van der Waals surface area contributed by atoms with Crippen LogP contribution in [0.5, 0.6) is 0 Å². The van der Waals surface area contributed by atoms with Crippen molar-refractivity contribution in [2.45, 2.75) is 18.2 Å². The van der Waals surface area contributed by atoms with Gasteiger partial charge in [0.25, 0.3) is 0 Å². The third-order valence-electron chi connectivity index (χ3n) is 4.26. The van der Waals surface area contributed by atoms with Crippen molar-refractivity contribution in [1.82, 2.24) is 29.9 Å². The Hall–Kier alpha value is -3.37. The number of sulfonamides is 1. The standard InChI is InChI=1S/C19H18N6O3S/c1-14-5-7-15(8-6-14)19-22-16(12-28-19)9-10-21-29(26,27)18-4-2-3-17(11-18)25-13-20-23-24-25/h2-8,11-13,21H,9-10H2,1H3. The Morgan fingerprint density at radius 3 is 2.72 bits per heavy atom. The van der Waals surface area contributed by atoms with Crippen molar-refractivity contribution in [3.8, 4) is 17.1 Å². The van der Waals surface area contributed by atoms with E-state index in [-0.39, 0.29) is 11.4 Å². The van der Waals surface area contributed by atoms with Gasteiger partial charge < -0.3 is 4.42 Å². The van der Waals surface area contributed by atoms with Crippen molar-refractivity contribution in [3.63, 3.8) is 0 Å². The van der Waals surface area contributed by atoms with Gasteiger partial charge in [-0.3, -0.25) is 0 Å². The highest BCUT2D eigenvalue weighted by molar-refractivity contribution is 7.89. The fourth-order valence-electron chi connectivity index (χ4n) is 2.72. The quantitative estimate of drug-likeness (QED) is 0.496. The average molecular weight is 410 g/mol. The molecule has 0 atom stereocenters.